The molecule has 1 aliphatic rings. The number of hydrogen-bond acceptors (Lipinski definition) is 0. The van der Waals surface area contributed by atoms with Crippen molar-refractivity contribution in [3.8, 4) is 0 Å². The minimum atomic E-state index is 1.26. The molecule has 1 N–H and O–H groups in total. The minimum absolute atomic E-state index is 1.26. The van der Waals surface area contributed by atoms with Gasteiger partial charge in [-0.1, -0.05) is 18.6 Å². The second kappa shape index (κ2) is 3.41. The molecule has 0 radical (unpaired) electrons. The average molecular weight is 199 g/mol. The molecular formula is C14H17N. The van der Waals surface area contributed by atoms with Crippen molar-refractivity contribution in [2.45, 2.75) is 39.0 Å². The van der Waals surface area contributed by atoms with Crippen LogP contribution in [0.4, 0.5) is 0 Å². The van der Waals surface area contributed by atoms with E-state index in [1.165, 1.54) is 48.6 Å². The summed E-state index contributed by atoms with van der Waals surface area (Å²) >= 11 is 0. The van der Waals surface area contributed by atoms with Crippen LogP contribution >= 0.6 is 0 Å². The van der Waals surface area contributed by atoms with Crippen molar-refractivity contribution >= 4 is 10.9 Å². The van der Waals surface area contributed by atoms with Gasteiger partial charge in [0.2, 0.25) is 0 Å². The van der Waals surface area contributed by atoms with E-state index >= 15 is 0 Å². The molecule has 3 rings (SSSR count). The molecule has 1 nitrogen and oxygen atoms in total. The van der Waals surface area contributed by atoms with Crippen LogP contribution in [0.1, 0.15) is 36.0 Å². The molecule has 0 amide bonds. The van der Waals surface area contributed by atoms with Crippen molar-refractivity contribution < 1.29 is 0 Å². The number of fused-ring (bicyclic) bond motifs is 3. The fourth-order valence-corrected chi connectivity index (χ4v) is 2.76. The van der Waals surface area contributed by atoms with E-state index in [0.29, 0.717) is 0 Å². The van der Waals surface area contributed by atoms with Crippen LogP contribution in [0.15, 0.2) is 18.3 Å². The molecule has 1 aromatic carbocycles. The zero-order valence-corrected chi connectivity index (χ0v) is 9.27. The van der Waals surface area contributed by atoms with Gasteiger partial charge in [-0.2, -0.15) is 0 Å². The van der Waals surface area contributed by atoms with E-state index in [4.69, 9.17) is 0 Å². The number of H-pyrrole nitrogens is 1. The maximum Gasteiger partial charge on any atom is 0.0492 e. The Labute approximate surface area is 90.5 Å². The van der Waals surface area contributed by atoms with Gasteiger partial charge in [0.05, 0.1) is 0 Å². The number of aryl methyl sites for hydroxylation is 3. The van der Waals surface area contributed by atoms with Crippen molar-refractivity contribution in [1.29, 1.82) is 0 Å². The Morgan fingerprint density at radius 2 is 1.93 bits per heavy atom. The summed E-state index contributed by atoms with van der Waals surface area (Å²) in [6.45, 7) is 2.18. The molecule has 2 aromatic rings. The molecule has 0 spiro atoms. The van der Waals surface area contributed by atoms with Crippen molar-refractivity contribution in [2.75, 3.05) is 0 Å². The van der Waals surface area contributed by atoms with E-state index in [0.717, 1.165) is 0 Å². The summed E-state index contributed by atoms with van der Waals surface area (Å²) in [5, 5.41) is 1.41. The predicted molar refractivity (Wildman–Crippen MR) is 64.3 cm³/mol. The molecule has 1 heteroatoms. The first kappa shape index (κ1) is 9.02. The van der Waals surface area contributed by atoms with Crippen LogP contribution in [0.25, 0.3) is 10.9 Å². The van der Waals surface area contributed by atoms with E-state index < -0.39 is 0 Å². The highest BCUT2D eigenvalue weighted by Gasteiger charge is 2.12. The third-order valence-electron chi connectivity index (χ3n) is 3.64. The van der Waals surface area contributed by atoms with Gasteiger partial charge in [-0.15, -0.1) is 0 Å². The fourth-order valence-electron chi connectivity index (χ4n) is 2.76. The lowest BCUT2D eigenvalue weighted by Gasteiger charge is -2.06. The Kier molecular flexibility index (Phi) is 2.05. The Bertz CT molecular complexity index is 493. The lowest BCUT2D eigenvalue weighted by Crippen LogP contribution is -1.92. The maximum absolute atomic E-state index is 3.44. The van der Waals surface area contributed by atoms with Gasteiger partial charge in [0.1, 0.15) is 0 Å². The van der Waals surface area contributed by atoms with Gasteiger partial charge in [0.25, 0.3) is 0 Å². The van der Waals surface area contributed by atoms with Crippen LogP contribution in [0.5, 0.6) is 0 Å². The van der Waals surface area contributed by atoms with Gasteiger partial charge in [0.15, 0.2) is 0 Å². The van der Waals surface area contributed by atoms with Crippen LogP contribution in [0, 0.1) is 6.92 Å². The fraction of sp³-hybridized carbons (Fsp3) is 0.429. The molecule has 1 aromatic heterocycles. The number of hydrogen-bond donors (Lipinski definition) is 1. The first-order valence-corrected chi connectivity index (χ1v) is 5.95. The molecule has 0 aliphatic heterocycles. The lowest BCUT2D eigenvalue weighted by molar-refractivity contribution is 0.712. The second-order valence-electron chi connectivity index (χ2n) is 4.66. The van der Waals surface area contributed by atoms with Crippen LogP contribution < -0.4 is 0 Å². The Morgan fingerprint density at radius 3 is 2.87 bits per heavy atom. The molecule has 0 unspecified atom stereocenters. The molecule has 0 atom stereocenters. The van der Waals surface area contributed by atoms with Gasteiger partial charge in [-0.25, -0.2) is 0 Å². The zero-order valence-electron chi connectivity index (χ0n) is 9.27. The lowest BCUT2D eigenvalue weighted by atomic mass is 9.99. The van der Waals surface area contributed by atoms with Crippen LogP contribution in [-0.4, -0.2) is 4.98 Å². The molecule has 0 fully saturated rings. The number of benzene rings is 1. The van der Waals surface area contributed by atoms with Crippen LogP contribution in [0.2, 0.25) is 0 Å². The first-order valence-electron chi connectivity index (χ1n) is 5.95. The summed E-state index contributed by atoms with van der Waals surface area (Å²) in [5.74, 6) is 0. The second-order valence-corrected chi connectivity index (χ2v) is 4.66. The van der Waals surface area contributed by atoms with Crippen molar-refractivity contribution in [3.05, 3.63) is 35.0 Å². The van der Waals surface area contributed by atoms with Crippen LogP contribution in [-0.2, 0) is 12.8 Å². The molecule has 78 valence electrons. The molecule has 15 heavy (non-hydrogen) atoms. The summed E-state index contributed by atoms with van der Waals surface area (Å²) in [6.07, 6.45) is 8.75. The van der Waals surface area contributed by atoms with Gasteiger partial charge in [-0.3, -0.25) is 0 Å². The van der Waals surface area contributed by atoms with Crippen molar-refractivity contribution in [2.24, 2.45) is 0 Å². The molecule has 0 saturated carbocycles. The summed E-state index contributed by atoms with van der Waals surface area (Å²) in [6, 6.07) is 4.62. The highest BCUT2D eigenvalue weighted by Crippen LogP contribution is 2.29. The van der Waals surface area contributed by atoms with E-state index in [9.17, 15) is 0 Å². The van der Waals surface area contributed by atoms with Gasteiger partial charge in [0, 0.05) is 17.1 Å². The summed E-state index contributed by atoms with van der Waals surface area (Å²) in [7, 11) is 0. The van der Waals surface area contributed by atoms with E-state index in [2.05, 4.69) is 30.2 Å². The normalized spacial score (nSPS) is 16.3. The third kappa shape index (κ3) is 1.38. The SMILES string of the molecule is Cc1c[nH]c2c3c(ccc12)CCCCC3. The average Bonchev–Trinajstić information content (AvgIpc) is 2.51. The zero-order chi connectivity index (χ0) is 10.3. The predicted octanol–water partition coefficient (Wildman–Crippen LogP) is 3.75. The molecular weight excluding hydrogens is 182 g/mol. The van der Waals surface area contributed by atoms with Crippen molar-refractivity contribution in [3.63, 3.8) is 0 Å². The van der Waals surface area contributed by atoms with Crippen LogP contribution in [0.3, 0.4) is 0 Å². The third-order valence-corrected chi connectivity index (χ3v) is 3.64. The Balaban J connectivity index is 2.27. The minimum Gasteiger partial charge on any atom is -0.361 e. The maximum atomic E-state index is 3.44. The monoisotopic (exact) mass is 199 g/mol. The van der Waals surface area contributed by atoms with Gasteiger partial charge in [-0.05, 0) is 49.3 Å². The Morgan fingerprint density at radius 1 is 1.07 bits per heavy atom. The first-order chi connectivity index (χ1) is 7.36. The molecule has 1 aliphatic carbocycles. The van der Waals surface area contributed by atoms with E-state index in [1.807, 2.05) is 0 Å². The molecule has 0 saturated heterocycles. The van der Waals surface area contributed by atoms with Crippen molar-refractivity contribution in [1.82, 2.24) is 4.98 Å². The van der Waals surface area contributed by atoms with Gasteiger partial charge >= 0.3 is 0 Å². The highest BCUT2D eigenvalue weighted by molar-refractivity contribution is 5.86. The molecule has 1 heterocycles. The number of aromatic nitrogens is 1. The largest absolute Gasteiger partial charge is 0.361 e. The van der Waals surface area contributed by atoms with E-state index in [1.54, 1.807) is 11.1 Å². The summed E-state index contributed by atoms with van der Waals surface area (Å²) < 4.78 is 0. The summed E-state index contributed by atoms with van der Waals surface area (Å²) in [4.78, 5) is 3.44. The molecule has 0 bridgehead atoms. The quantitative estimate of drug-likeness (QED) is 0.622. The van der Waals surface area contributed by atoms with E-state index in [-0.39, 0.29) is 0 Å². The summed E-state index contributed by atoms with van der Waals surface area (Å²) in [5.41, 5.74) is 5.92. The number of rotatable bonds is 0. The number of nitrogens with one attached hydrogen (secondary N) is 1. The highest BCUT2D eigenvalue weighted by atomic mass is 14.7. The standard InChI is InChI=1S/C14H17N/c1-10-9-15-14-12(10)8-7-11-5-3-2-4-6-13(11)14/h7-9,15H,2-6H2,1H3. The topological polar surface area (TPSA) is 15.8 Å². The Hall–Kier alpha value is -1.24. The smallest absolute Gasteiger partial charge is 0.0492 e. The number of aromatic amines is 1. The van der Waals surface area contributed by atoms with Gasteiger partial charge < -0.3 is 4.98 Å².